The van der Waals surface area contributed by atoms with Gasteiger partial charge in [-0.2, -0.15) is 0 Å². The Labute approximate surface area is 87.8 Å². The highest BCUT2D eigenvalue weighted by molar-refractivity contribution is 4.94. The second kappa shape index (κ2) is 4.63. The first-order valence-electron chi connectivity index (χ1n) is 6.33. The number of hydrogen-bond acceptors (Lipinski definition) is 2. The fourth-order valence-electron chi connectivity index (χ4n) is 2.29. The number of nitrogens with one attached hydrogen (secondary N) is 2. The second-order valence-corrected chi connectivity index (χ2v) is 5.00. The maximum absolute atomic E-state index is 3.74. The maximum Gasteiger partial charge on any atom is 0.0178 e. The lowest BCUT2D eigenvalue weighted by atomic mass is 9.75. The fourth-order valence-corrected chi connectivity index (χ4v) is 2.29. The van der Waals surface area contributed by atoms with Gasteiger partial charge in [0.05, 0.1) is 0 Å². The van der Waals surface area contributed by atoms with Gasteiger partial charge >= 0.3 is 0 Å². The molecule has 0 aliphatic heterocycles. The lowest BCUT2D eigenvalue weighted by Crippen LogP contribution is -2.50. The Kier molecular flexibility index (Phi) is 3.45. The average Bonchev–Trinajstić information content (AvgIpc) is 2.92. The first kappa shape index (κ1) is 10.4. The van der Waals surface area contributed by atoms with Gasteiger partial charge in [0.1, 0.15) is 0 Å². The van der Waals surface area contributed by atoms with Crippen molar-refractivity contribution in [2.24, 2.45) is 0 Å². The van der Waals surface area contributed by atoms with Crippen molar-refractivity contribution in [2.45, 2.75) is 63.5 Å². The second-order valence-electron chi connectivity index (χ2n) is 5.00. The molecule has 0 spiro atoms. The molecular formula is C12H24N2. The predicted octanol–water partition coefficient (Wildman–Crippen LogP) is 2.05. The van der Waals surface area contributed by atoms with E-state index in [0.29, 0.717) is 5.54 Å². The monoisotopic (exact) mass is 196 g/mol. The summed E-state index contributed by atoms with van der Waals surface area (Å²) in [4.78, 5) is 0. The summed E-state index contributed by atoms with van der Waals surface area (Å²) >= 11 is 0. The van der Waals surface area contributed by atoms with E-state index in [4.69, 9.17) is 0 Å². The maximum atomic E-state index is 3.74. The van der Waals surface area contributed by atoms with Crippen molar-refractivity contribution in [2.75, 3.05) is 13.1 Å². The SMILES string of the molecule is CCC1(NCCCNC2CC2)CCC1. The van der Waals surface area contributed by atoms with Crippen LogP contribution in [-0.2, 0) is 0 Å². The van der Waals surface area contributed by atoms with E-state index in [-0.39, 0.29) is 0 Å². The largest absolute Gasteiger partial charge is 0.314 e. The summed E-state index contributed by atoms with van der Waals surface area (Å²) in [5.74, 6) is 0. The molecule has 0 saturated heterocycles. The van der Waals surface area contributed by atoms with Gasteiger partial charge in [0.2, 0.25) is 0 Å². The average molecular weight is 196 g/mol. The zero-order valence-electron chi connectivity index (χ0n) is 9.44. The van der Waals surface area contributed by atoms with E-state index in [1.54, 1.807) is 0 Å². The molecule has 0 aromatic rings. The number of hydrogen-bond donors (Lipinski definition) is 2. The summed E-state index contributed by atoms with van der Waals surface area (Å²) in [7, 11) is 0. The van der Waals surface area contributed by atoms with Crippen LogP contribution in [0, 0.1) is 0 Å². The van der Waals surface area contributed by atoms with Gasteiger partial charge in [-0.15, -0.1) is 0 Å². The van der Waals surface area contributed by atoms with E-state index < -0.39 is 0 Å². The van der Waals surface area contributed by atoms with Crippen LogP contribution < -0.4 is 10.6 Å². The van der Waals surface area contributed by atoms with Crippen molar-refractivity contribution < 1.29 is 0 Å². The predicted molar refractivity (Wildman–Crippen MR) is 60.5 cm³/mol. The first-order valence-corrected chi connectivity index (χ1v) is 6.33. The molecule has 0 amide bonds. The summed E-state index contributed by atoms with van der Waals surface area (Å²) in [6.07, 6.45) is 9.65. The topological polar surface area (TPSA) is 24.1 Å². The molecule has 82 valence electrons. The van der Waals surface area contributed by atoms with Crippen LogP contribution in [0.2, 0.25) is 0 Å². The van der Waals surface area contributed by atoms with Crippen LogP contribution in [0.4, 0.5) is 0 Å². The van der Waals surface area contributed by atoms with Gasteiger partial charge in [-0.1, -0.05) is 6.92 Å². The Morgan fingerprint density at radius 2 is 2.00 bits per heavy atom. The third-order valence-electron chi connectivity index (χ3n) is 3.85. The van der Waals surface area contributed by atoms with E-state index >= 15 is 0 Å². The van der Waals surface area contributed by atoms with Crippen molar-refractivity contribution in [3.63, 3.8) is 0 Å². The van der Waals surface area contributed by atoms with Gasteiger partial charge in [-0.05, 0) is 58.0 Å². The third kappa shape index (κ3) is 2.71. The summed E-state index contributed by atoms with van der Waals surface area (Å²) in [6, 6.07) is 0.874. The molecule has 0 aromatic carbocycles. The minimum atomic E-state index is 0.541. The zero-order valence-corrected chi connectivity index (χ0v) is 9.44. The van der Waals surface area contributed by atoms with Crippen molar-refractivity contribution in [3.05, 3.63) is 0 Å². The highest BCUT2D eigenvalue weighted by Crippen LogP contribution is 2.34. The molecule has 0 heterocycles. The highest BCUT2D eigenvalue weighted by Gasteiger charge is 2.33. The summed E-state index contributed by atoms with van der Waals surface area (Å²) in [6.45, 7) is 4.72. The van der Waals surface area contributed by atoms with Crippen LogP contribution >= 0.6 is 0 Å². The molecule has 2 aliphatic rings. The molecule has 0 aromatic heterocycles. The minimum absolute atomic E-state index is 0.541. The van der Waals surface area contributed by atoms with Gasteiger partial charge in [0.25, 0.3) is 0 Å². The van der Waals surface area contributed by atoms with Crippen molar-refractivity contribution in [1.29, 1.82) is 0 Å². The van der Waals surface area contributed by atoms with Gasteiger partial charge in [-0.3, -0.25) is 0 Å². The van der Waals surface area contributed by atoms with Crippen molar-refractivity contribution in [1.82, 2.24) is 10.6 Å². The summed E-state index contributed by atoms with van der Waals surface area (Å²) < 4.78 is 0. The van der Waals surface area contributed by atoms with Crippen molar-refractivity contribution >= 4 is 0 Å². The van der Waals surface area contributed by atoms with Crippen LogP contribution in [0.15, 0.2) is 0 Å². The van der Waals surface area contributed by atoms with Crippen LogP contribution in [0.25, 0.3) is 0 Å². The van der Waals surface area contributed by atoms with Gasteiger partial charge in [-0.25, -0.2) is 0 Å². The Hall–Kier alpha value is -0.0800. The minimum Gasteiger partial charge on any atom is -0.314 e. The molecule has 2 rings (SSSR count). The quantitative estimate of drug-likeness (QED) is 0.609. The standard InChI is InChI=1S/C12H24N2/c1-2-12(7-3-8-12)14-10-4-9-13-11-5-6-11/h11,13-14H,2-10H2,1H3. The molecule has 2 fully saturated rings. The highest BCUT2D eigenvalue weighted by atomic mass is 15.0. The lowest BCUT2D eigenvalue weighted by molar-refractivity contribution is 0.177. The van der Waals surface area contributed by atoms with E-state index in [0.717, 1.165) is 6.04 Å². The van der Waals surface area contributed by atoms with E-state index in [9.17, 15) is 0 Å². The molecule has 14 heavy (non-hydrogen) atoms. The Morgan fingerprint density at radius 1 is 1.21 bits per heavy atom. The first-order chi connectivity index (χ1) is 6.85. The normalized spacial score (nSPS) is 24.6. The lowest BCUT2D eigenvalue weighted by Gasteiger charge is -2.42. The molecule has 2 heteroatoms. The molecule has 0 bridgehead atoms. The van der Waals surface area contributed by atoms with E-state index in [2.05, 4.69) is 17.6 Å². The molecular weight excluding hydrogens is 172 g/mol. The smallest absolute Gasteiger partial charge is 0.0178 e. The molecule has 2 N–H and O–H groups in total. The van der Waals surface area contributed by atoms with Gasteiger partial charge in [0.15, 0.2) is 0 Å². The van der Waals surface area contributed by atoms with E-state index in [1.807, 2.05) is 0 Å². The van der Waals surface area contributed by atoms with Crippen LogP contribution in [0.3, 0.4) is 0 Å². The molecule has 2 nitrogen and oxygen atoms in total. The van der Waals surface area contributed by atoms with E-state index in [1.165, 1.54) is 58.0 Å². The van der Waals surface area contributed by atoms with Crippen LogP contribution in [-0.4, -0.2) is 24.7 Å². The van der Waals surface area contributed by atoms with Crippen molar-refractivity contribution in [3.8, 4) is 0 Å². The third-order valence-corrected chi connectivity index (χ3v) is 3.85. The Balaban J connectivity index is 1.48. The van der Waals surface area contributed by atoms with Crippen LogP contribution in [0.5, 0.6) is 0 Å². The van der Waals surface area contributed by atoms with Gasteiger partial charge < -0.3 is 10.6 Å². The zero-order chi connectivity index (χ0) is 9.86. The molecule has 0 atom stereocenters. The Morgan fingerprint density at radius 3 is 2.50 bits per heavy atom. The summed E-state index contributed by atoms with van der Waals surface area (Å²) in [5.41, 5.74) is 0.541. The fraction of sp³-hybridized carbons (Fsp3) is 1.00. The molecule has 2 aliphatic carbocycles. The van der Waals surface area contributed by atoms with Gasteiger partial charge in [0, 0.05) is 11.6 Å². The van der Waals surface area contributed by atoms with Crippen LogP contribution in [0.1, 0.15) is 51.9 Å². The molecule has 0 radical (unpaired) electrons. The Bertz CT molecular complexity index is 166. The molecule has 0 unspecified atom stereocenters. The molecule has 2 saturated carbocycles. The summed E-state index contributed by atoms with van der Waals surface area (Å²) in [5, 5.41) is 7.29. The number of rotatable bonds is 7.